The van der Waals surface area contributed by atoms with Crippen molar-refractivity contribution in [3.8, 4) is 5.75 Å². The molecule has 0 amide bonds. The molecule has 2 aromatic carbocycles. The highest BCUT2D eigenvalue weighted by Crippen LogP contribution is 2.35. The SMILES string of the molecule is COc1ccc(N2CCN(CCC3OCC(C)c4ccccc43)CC2)cc1.Cl.Cl. The van der Waals surface area contributed by atoms with Crippen LogP contribution in [0.1, 0.15) is 36.5 Å². The van der Waals surface area contributed by atoms with Crippen LogP contribution in [0.2, 0.25) is 0 Å². The van der Waals surface area contributed by atoms with Crippen LogP contribution in [0.3, 0.4) is 0 Å². The molecule has 2 atom stereocenters. The molecule has 1 fully saturated rings. The van der Waals surface area contributed by atoms with Gasteiger partial charge in [-0.15, -0.1) is 24.8 Å². The Hall–Kier alpha value is -1.46. The van der Waals surface area contributed by atoms with Crippen LogP contribution in [-0.4, -0.2) is 51.3 Å². The van der Waals surface area contributed by atoms with E-state index in [1.165, 1.54) is 16.8 Å². The Balaban J connectivity index is 0.00000150. The number of fused-ring (bicyclic) bond motifs is 1. The lowest BCUT2D eigenvalue weighted by Crippen LogP contribution is -2.47. The van der Waals surface area contributed by atoms with E-state index in [1.54, 1.807) is 7.11 Å². The number of halogens is 2. The van der Waals surface area contributed by atoms with Gasteiger partial charge in [-0.05, 0) is 41.8 Å². The van der Waals surface area contributed by atoms with Crippen LogP contribution in [0.4, 0.5) is 5.69 Å². The molecule has 4 nitrogen and oxygen atoms in total. The maximum atomic E-state index is 6.17. The summed E-state index contributed by atoms with van der Waals surface area (Å²) in [5.74, 6) is 1.42. The molecule has 0 spiro atoms. The Kier molecular flexibility index (Phi) is 9.09. The van der Waals surface area contributed by atoms with Crippen LogP contribution < -0.4 is 9.64 Å². The molecule has 6 heteroatoms. The average molecular weight is 439 g/mol. The quantitative estimate of drug-likeness (QED) is 0.660. The van der Waals surface area contributed by atoms with Gasteiger partial charge < -0.3 is 14.4 Å². The first-order valence-corrected chi connectivity index (χ1v) is 10.1. The maximum Gasteiger partial charge on any atom is 0.119 e. The Bertz CT molecular complexity index is 749. The van der Waals surface area contributed by atoms with Crippen molar-refractivity contribution in [1.29, 1.82) is 0 Å². The number of ether oxygens (including phenoxy) is 2. The summed E-state index contributed by atoms with van der Waals surface area (Å²) in [6, 6.07) is 17.2. The van der Waals surface area contributed by atoms with Crippen molar-refractivity contribution < 1.29 is 9.47 Å². The van der Waals surface area contributed by atoms with Crippen molar-refractivity contribution in [1.82, 2.24) is 4.90 Å². The third-order valence-electron chi connectivity index (χ3n) is 5.94. The monoisotopic (exact) mass is 438 g/mol. The van der Waals surface area contributed by atoms with E-state index in [9.17, 15) is 0 Å². The second kappa shape index (κ2) is 11.1. The molecule has 0 saturated carbocycles. The number of benzene rings is 2. The lowest BCUT2D eigenvalue weighted by atomic mass is 9.89. The van der Waals surface area contributed by atoms with Crippen molar-refractivity contribution in [2.45, 2.75) is 25.4 Å². The third kappa shape index (κ3) is 5.58. The van der Waals surface area contributed by atoms with Gasteiger partial charge in [-0.3, -0.25) is 4.90 Å². The van der Waals surface area contributed by atoms with Crippen molar-refractivity contribution in [2.24, 2.45) is 0 Å². The van der Waals surface area contributed by atoms with E-state index in [2.05, 4.69) is 53.1 Å². The molecule has 160 valence electrons. The van der Waals surface area contributed by atoms with E-state index in [-0.39, 0.29) is 30.9 Å². The topological polar surface area (TPSA) is 24.9 Å². The van der Waals surface area contributed by atoms with Gasteiger partial charge in [-0.1, -0.05) is 31.2 Å². The lowest BCUT2D eigenvalue weighted by Gasteiger charge is -2.37. The van der Waals surface area contributed by atoms with Crippen molar-refractivity contribution in [3.63, 3.8) is 0 Å². The van der Waals surface area contributed by atoms with Crippen LogP contribution in [0.15, 0.2) is 48.5 Å². The summed E-state index contributed by atoms with van der Waals surface area (Å²) in [5, 5.41) is 0. The molecular formula is C23H32Cl2N2O2. The number of methoxy groups -OCH3 is 1. The van der Waals surface area contributed by atoms with E-state index in [1.807, 2.05) is 12.1 Å². The fourth-order valence-electron chi connectivity index (χ4n) is 4.25. The van der Waals surface area contributed by atoms with Crippen LogP contribution in [0.5, 0.6) is 5.75 Å². The highest BCUT2D eigenvalue weighted by atomic mass is 35.5. The lowest BCUT2D eigenvalue weighted by molar-refractivity contribution is 0.0183. The Labute approximate surface area is 187 Å². The summed E-state index contributed by atoms with van der Waals surface area (Å²) in [7, 11) is 1.71. The van der Waals surface area contributed by atoms with Gasteiger partial charge in [0.15, 0.2) is 0 Å². The Morgan fingerprint density at radius 3 is 2.24 bits per heavy atom. The molecule has 0 aliphatic carbocycles. The molecule has 0 N–H and O–H groups in total. The van der Waals surface area contributed by atoms with E-state index in [0.29, 0.717) is 5.92 Å². The van der Waals surface area contributed by atoms with Crippen LogP contribution >= 0.6 is 24.8 Å². The predicted molar refractivity (Wildman–Crippen MR) is 124 cm³/mol. The summed E-state index contributed by atoms with van der Waals surface area (Å²) >= 11 is 0. The molecule has 2 aromatic rings. The predicted octanol–water partition coefficient (Wildman–Crippen LogP) is 4.93. The average Bonchev–Trinajstić information content (AvgIpc) is 2.74. The molecule has 2 aliphatic rings. The zero-order chi connectivity index (χ0) is 18.6. The normalized spacial score (nSPS) is 21.5. The second-order valence-corrected chi connectivity index (χ2v) is 7.67. The van der Waals surface area contributed by atoms with Crippen LogP contribution in [-0.2, 0) is 4.74 Å². The minimum absolute atomic E-state index is 0. The molecular weight excluding hydrogens is 407 g/mol. The maximum absolute atomic E-state index is 6.17. The fraction of sp³-hybridized carbons (Fsp3) is 0.478. The molecule has 4 rings (SSSR count). The minimum atomic E-state index is 0. The molecule has 1 saturated heterocycles. The van der Waals surface area contributed by atoms with Crippen LogP contribution in [0.25, 0.3) is 0 Å². The molecule has 2 heterocycles. The number of anilines is 1. The molecule has 2 aliphatic heterocycles. The van der Waals surface area contributed by atoms with Crippen LogP contribution in [0, 0.1) is 0 Å². The standard InChI is InChI=1S/C23H30N2O2.2ClH/c1-18-17-27-23(22-6-4-3-5-21(18)22)11-12-24-13-15-25(16-14-24)19-7-9-20(26-2)10-8-19;;/h3-10,18,23H,11-17H2,1-2H3;2*1H. The zero-order valence-electron chi connectivity index (χ0n) is 17.3. The van der Waals surface area contributed by atoms with E-state index < -0.39 is 0 Å². The first kappa shape index (κ1) is 23.8. The fourth-order valence-corrected chi connectivity index (χ4v) is 4.25. The summed E-state index contributed by atoms with van der Waals surface area (Å²) in [6.07, 6.45) is 1.32. The van der Waals surface area contributed by atoms with E-state index >= 15 is 0 Å². The Morgan fingerprint density at radius 1 is 0.931 bits per heavy atom. The zero-order valence-corrected chi connectivity index (χ0v) is 18.9. The number of piperazine rings is 1. The first-order valence-electron chi connectivity index (χ1n) is 10.1. The van der Waals surface area contributed by atoms with Gasteiger partial charge in [0, 0.05) is 44.3 Å². The van der Waals surface area contributed by atoms with Gasteiger partial charge in [0.05, 0.1) is 19.8 Å². The van der Waals surface area contributed by atoms with Gasteiger partial charge in [0.25, 0.3) is 0 Å². The summed E-state index contributed by atoms with van der Waals surface area (Å²) < 4.78 is 11.4. The molecule has 0 radical (unpaired) electrons. The van der Waals surface area contributed by atoms with Gasteiger partial charge in [-0.25, -0.2) is 0 Å². The van der Waals surface area contributed by atoms with Gasteiger partial charge in [0.1, 0.15) is 5.75 Å². The summed E-state index contributed by atoms with van der Waals surface area (Å²) in [6.45, 7) is 8.56. The highest BCUT2D eigenvalue weighted by Gasteiger charge is 2.26. The number of hydrogen-bond donors (Lipinski definition) is 0. The van der Waals surface area contributed by atoms with Gasteiger partial charge in [0.2, 0.25) is 0 Å². The molecule has 29 heavy (non-hydrogen) atoms. The molecule has 0 aromatic heterocycles. The minimum Gasteiger partial charge on any atom is -0.497 e. The van der Waals surface area contributed by atoms with Gasteiger partial charge in [-0.2, -0.15) is 0 Å². The number of nitrogens with zero attached hydrogens (tertiary/aromatic N) is 2. The molecule has 2 unspecified atom stereocenters. The van der Waals surface area contributed by atoms with Crippen molar-refractivity contribution in [3.05, 3.63) is 59.7 Å². The Morgan fingerprint density at radius 2 is 1.59 bits per heavy atom. The van der Waals surface area contributed by atoms with E-state index in [0.717, 1.165) is 51.5 Å². The largest absolute Gasteiger partial charge is 0.497 e. The molecule has 0 bridgehead atoms. The highest BCUT2D eigenvalue weighted by molar-refractivity contribution is 5.85. The van der Waals surface area contributed by atoms with Crippen molar-refractivity contribution >= 4 is 30.5 Å². The first-order chi connectivity index (χ1) is 13.2. The second-order valence-electron chi connectivity index (χ2n) is 7.67. The summed E-state index contributed by atoms with van der Waals surface area (Å²) in [5.41, 5.74) is 4.15. The smallest absolute Gasteiger partial charge is 0.119 e. The number of hydrogen-bond acceptors (Lipinski definition) is 4. The number of rotatable bonds is 5. The summed E-state index contributed by atoms with van der Waals surface area (Å²) in [4.78, 5) is 5.04. The third-order valence-corrected chi connectivity index (χ3v) is 5.94. The van der Waals surface area contributed by atoms with E-state index in [4.69, 9.17) is 9.47 Å². The van der Waals surface area contributed by atoms with Crippen molar-refractivity contribution in [2.75, 3.05) is 51.3 Å². The van der Waals surface area contributed by atoms with Gasteiger partial charge >= 0.3 is 0 Å².